The molecule has 19 heavy (non-hydrogen) atoms. The molecule has 1 aromatic heterocycles. The third kappa shape index (κ3) is 3.62. The van der Waals surface area contributed by atoms with Crippen molar-refractivity contribution in [2.45, 2.75) is 19.6 Å². The van der Waals surface area contributed by atoms with Gasteiger partial charge in [0.2, 0.25) is 0 Å². The number of rotatable bonds is 6. The lowest BCUT2D eigenvalue weighted by atomic mass is 10.1. The fourth-order valence-corrected chi connectivity index (χ4v) is 2.34. The molecule has 0 aliphatic carbocycles. The van der Waals surface area contributed by atoms with Gasteiger partial charge in [-0.3, -0.25) is 0 Å². The third-order valence-corrected chi connectivity index (χ3v) is 3.31. The molecule has 0 spiro atoms. The Labute approximate surface area is 120 Å². The zero-order valence-corrected chi connectivity index (χ0v) is 12.3. The van der Waals surface area contributed by atoms with E-state index in [-0.39, 0.29) is 6.61 Å². The molecule has 0 unspecified atom stereocenters. The number of aliphatic hydroxyl groups is 1. The van der Waals surface area contributed by atoms with Crippen LogP contribution in [0.2, 0.25) is 0 Å². The van der Waals surface area contributed by atoms with Crippen LogP contribution in [0.3, 0.4) is 0 Å². The van der Waals surface area contributed by atoms with Crippen molar-refractivity contribution in [1.82, 2.24) is 14.8 Å². The summed E-state index contributed by atoms with van der Waals surface area (Å²) in [6.07, 6.45) is 0.677. The highest BCUT2D eigenvalue weighted by molar-refractivity contribution is 9.10. The molecule has 0 bridgehead atoms. The Morgan fingerprint density at radius 2 is 2.11 bits per heavy atom. The standard InChI is InChI=1S/C13H16BrN3O2/c1-19-6-5-17-12(15-16-13(17)9-18)8-10-3-2-4-11(14)7-10/h2-4,7,18H,5-6,8-9H2,1H3. The van der Waals surface area contributed by atoms with Crippen molar-refractivity contribution in [1.29, 1.82) is 0 Å². The van der Waals surface area contributed by atoms with E-state index in [1.54, 1.807) is 7.11 Å². The molecule has 2 aromatic rings. The van der Waals surface area contributed by atoms with Gasteiger partial charge in [-0.15, -0.1) is 10.2 Å². The molecule has 1 aromatic carbocycles. The molecule has 0 fully saturated rings. The van der Waals surface area contributed by atoms with Crippen molar-refractivity contribution in [3.05, 3.63) is 46.0 Å². The Balaban J connectivity index is 2.21. The van der Waals surface area contributed by atoms with Gasteiger partial charge in [-0.2, -0.15) is 0 Å². The van der Waals surface area contributed by atoms with E-state index in [0.717, 1.165) is 15.9 Å². The number of aromatic nitrogens is 3. The summed E-state index contributed by atoms with van der Waals surface area (Å²) >= 11 is 3.45. The second-order valence-electron chi connectivity index (χ2n) is 4.14. The van der Waals surface area contributed by atoms with E-state index in [1.807, 2.05) is 28.8 Å². The third-order valence-electron chi connectivity index (χ3n) is 2.82. The maximum atomic E-state index is 9.27. The van der Waals surface area contributed by atoms with Gasteiger partial charge < -0.3 is 14.4 Å². The summed E-state index contributed by atoms with van der Waals surface area (Å²) in [5.74, 6) is 1.40. The fourth-order valence-electron chi connectivity index (χ4n) is 1.89. The van der Waals surface area contributed by atoms with E-state index in [1.165, 1.54) is 0 Å². The number of ether oxygens (including phenoxy) is 1. The molecule has 0 aliphatic heterocycles. The van der Waals surface area contributed by atoms with Crippen molar-refractivity contribution in [3.8, 4) is 0 Å². The van der Waals surface area contributed by atoms with Crippen LogP contribution < -0.4 is 0 Å². The van der Waals surface area contributed by atoms with Crippen LogP contribution in [0.15, 0.2) is 28.7 Å². The lowest BCUT2D eigenvalue weighted by Gasteiger charge is -2.09. The highest BCUT2D eigenvalue weighted by Gasteiger charge is 2.11. The van der Waals surface area contributed by atoms with Crippen molar-refractivity contribution in [3.63, 3.8) is 0 Å². The summed E-state index contributed by atoms with van der Waals surface area (Å²) in [6, 6.07) is 8.06. The lowest BCUT2D eigenvalue weighted by molar-refractivity contribution is 0.181. The van der Waals surface area contributed by atoms with Gasteiger partial charge >= 0.3 is 0 Å². The molecule has 0 aliphatic rings. The molecule has 1 heterocycles. The van der Waals surface area contributed by atoms with Crippen LogP contribution in [0.5, 0.6) is 0 Å². The normalized spacial score (nSPS) is 10.9. The van der Waals surface area contributed by atoms with Gasteiger partial charge in [0.1, 0.15) is 12.4 Å². The quantitative estimate of drug-likeness (QED) is 0.879. The molecule has 102 valence electrons. The van der Waals surface area contributed by atoms with E-state index in [0.29, 0.717) is 25.4 Å². The monoisotopic (exact) mass is 325 g/mol. The molecule has 5 nitrogen and oxygen atoms in total. The molecule has 0 saturated carbocycles. The average molecular weight is 326 g/mol. The maximum Gasteiger partial charge on any atom is 0.158 e. The van der Waals surface area contributed by atoms with Crippen molar-refractivity contribution in [2.24, 2.45) is 0 Å². The summed E-state index contributed by atoms with van der Waals surface area (Å²) in [5, 5.41) is 17.4. The first-order valence-corrected chi connectivity index (χ1v) is 6.79. The largest absolute Gasteiger partial charge is 0.388 e. The summed E-state index contributed by atoms with van der Waals surface area (Å²) in [6.45, 7) is 1.09. The molecular formula is C13H16BrN3O2. The van der Waals surface area contributed by atoms with Gasteiger partial charge in [-0.1, -0.05) is 28.1 Å². The number of halogens is 1. The van der Waals surface area contributed by atoms with Crippen LogP contribution in [0, 0.1) is 0 Å². The Kier molecular flexibility index (Phi) is 5.07. The number of methoxy groups -OCH3 is 1. The molecule has 1 N–H and O–H groups in total. The topological polar surface area (TPSA) is 60.2 Å². The minimum Gasteiger partial charge on any atom is -0.388 e. The Morgan fingerprint density at radius 1 is 1.32 bits per heavy atom. The van der Waals surface area contributed by atoms with Gasteiger partial charge in [0.25, 0.3) is 0 Å². The molecule has 0 amide bonds. The molecule has 2 rings (SSSR count). The molecule has 0 saturated heterocycles. The maximum absolute atomic E-state index is 9.27. The SMILES string of the molecule is COCCn1c(CO)nnc1Cc1cccc(Br)c1. The summed E-state index contributed by atoms with van der Waals surface area (Å²) < 4.78 is 8.02. The van der Waals surface area contributed by atoms with E-state index >= 15 is 0 Å². The summed E-state index contributed by atoms with van der Waals surface area (Å²) in [5.41, 5.74) is 1.14. The number of benzene rings is 1. The first-order chi connectivity index (χ1) is 9.24. The van der Waals surface area contributed by atoms with Gasteiger partial charge in [0.15, 0.2) is 5.82 Å². The van der Waals surface area contributed by atoms with Crippen molar-refractivity contribution in [2.75, 3.05) is 13.7 Å². The van der Waals surface area contributed by atoms with E-state index in [9.17, 15) is 5.11 Å². The predicted octanol–water partition coefficient (Wildman–Crippen LogP) is 1.77. The Morgan fingerprint density at radius 3 is 2.79 bits per heavy atom. The number of hydrogen-bond donors (Lipinski definition) is 1. The Hall–Kier alpha value is -1.24. The highest BCUT2D eigenvalue weighted by Crippen LogP contribution is 2.15. The van der Waals surface area contributed by atoms with E-state index in [2.05, 4.69) is 26.1 Å². The van der Waals surface area contributed by atoms with E-state index < -0.39 is 0 Å². The number of nitrogens with zero attached hydrogens (tertiary/aromatic N) is 3. The fraction of sp³-hybridized carbons (Fsp3) is 0.385. The van der Waals surface area contributed by atoms with Crippen molar-refractivity contribution >= 4 is 15.9 Å². The average Bonchev–Trinajstić information content (AvgIpc) is 2.78. The van der Waals surface area contributed by atoms with Crippen LogP contribution >= 0.6 is 15.9 Å². The zero-order valence-electron chi connectivity index (χ0n) is 10.7. The molecule has 0 radical (unpaired) electrons. The number of aliphatic hydroxyl groups excluding tert-OH is 1. The first kappa shape index (κ1) is 14.2. The van der Waals surface area contributed by atoms with Gasteiger partial charge in [0, 0.05) is 24.5 Å². The van der Waals surface area contributed by atoms with Gasteiger partial charge in [-0.25, -0.2) is 0 Å². The summed E-state index contributed by atoms with van der Waals surface area (Å²) in [7, 11) is 1.65. The second kappa shape index (κ2) is 6.79. The van der Waals surface area contributed by atoms with Crippen LogP contribution in [0.1, 0.15) is 17.2 Å². The summed E-state index contributed by atoms with van der Waals surface area (Å²) in [4.78, 5) is 0. The van der Waals surface area contributed by atoms with Crippen LogP contribution in [0.4, 0.5) is 0 Å². The van der Waals surface area contributed by atoms with Crippen LogP contribution in [-0.2, 0) is 24.3 Å². The van der Waals surface area contributed by atoms with Crippen molar-refractivity contribution < 1.29 is 9.84 Å². The minimum atomic E-state index is -0.116. The zero-order chi connectivity index (χ0) is 13.7. The number of hydrogen-bond acceptors (Lipinski definition) is 4. The van der Waals surface area contributed by atoms with E-state index in [4.69, 9.17) is 4.74 Å². The van der Waals surface area contributed by atoms with Crippen LogP contribution in [-0.4, -0.2) is 33.6 Å². The second-order valence-corrected chi connectivity index (χ2v) is 5.06. The molecule has 0 atom stereocenters. The predicted molar refractivity (Wildman–Crippen MR) is 74.8 cm³/mol. The molecular weight excluding hydrogens is 310 g/mol. The first-order valence-electron chi connectivity index (χ1n) is 5.99. The smallest absolute Gasteiger partial charge is 0.158 e. The molecule has 6 heteroatoms. The lowest BCUT2D eigenvalue weighted by Crippen LogP contribution is -2.12. The highest BCUT2D eigenvalue weighted by atomic mass is 79.9. The Bertz CT molecular complexity index is 542. The van der Waals surface area contributed by atoms with Gasteiger partial charge in [-0.05, 0) is 17.7 Å². The minimum absolute atomic E-state index is 0.116. The van der Waals surface area contributed by atoms with Crippen LogP contribution in [0.25, 0.3) is 0 Å². The van der Waals surface area contributed by atoms with Gasteiger partial charge in [0.05, 0.1) is 6.61 Å².